The van der Waals surface area contributed by atoms with E-state index in [0.717, 1.165) is 5.56 Å². The molecule has 0 saturated carbocycles. The van der Waals surface area contributed by atoms with Gasteiger partial charge >= 0.3 is 5.97 Å². The summed E-state index contributed by atoms with van der Waals surface area (Å²) in [7, 11) is -4.35. The SMILES string of the molecule is CCOC(=O)C(N)(c1cccc2c(C(=O)NCc3ccc(C(=N)N)cc3)cccc12)S(=O)(=O)Cc1ccccc1.Cl.O. The summed E-state index contributed by atoms with van der Waals surface area (Å²) in [5, 5.41) is 11.1. The van der Waals surface area contributed by atoms with Crippen LogP contribution >= 0.6 is 12.4 Å². The molecule has 0 radical (unpaired) electrons. The summed E-state index contributed by atoms with van der Waals surface area (Å²) in [4.78, 5) is 24.0. The maximum Gasteiger partial charge on any atom is 0.346 e. The number of ether oxygens (including phenoxy) is 1. The van der Waals surface area contributed by atoms with Crippen LogP contribution in [0, 0.1) is 5.41 Å². The maximum absolute atomic E-state index is 13.8. The Morgan fingerprint density at radius 1 is 0.881 bits per heavy atom. The van der Waals surface area contributed by atoms with E-state index in [1.807, 2.05) is 0 Å². The van der Waals surface area contributed by atoms with Gasteiger partial charge in [0.15, 0.2) is 9.84 Å². The number of nitrogens with two attached hydrogens (primary N) is 2. The first-order chi connectivity index (χ1) is 19.1. The Hall–Kier alpha value is -4.29. The number of amidine groups is 1. The molecule has 0 bridgehead atoms. The Balaban J connectivity index is 0.00000308. The molecule has 0 aliphatic rings. The monoisotopic (exact) mass is 612 g/mol. The lowest BCUT2D eigenvalue weighted by Crippen LogP contribution is -2.53. The zero-order chi connectivity index (χ0) is 28.9. The third kappa shape index (κ3) is 6.77. The zero-order valence-electron chi connectivity index (χ0n) is 22.8. The second kappa shape index (κ2) is 14.1. The van der Waals surface area contributed by atoms with E-state index in [-0.39, 0.29) is 48.0 Å². The van der Waals surface area contributed by atoms with Gasteiger partial charge in [0.05, 0.1) is 12.4 Å². The summed E-state index contributed by atoms with van der Waals surface area (Å²) in [5.41, 5.74) is 14.2. The van der Waals surface area contributed by atoms with Crippen LogP contribution in [0.25, 0.3) is 10.8 Å². The molecule has 4 aromatic carbocycles. The third-order valence-corrected chi connectivity index (χ3v) is 8.63. The number of benzene rings is 4. The van der Waals surface area contributed by atoms with Crippen molar-refractivity contribution in [2.45, 2.75) is 24.1 Å². The Morgan fingerprint density at radius 2 is 1.50 bits per heavy atom. The van der Waals surface area contributed by atoms with E-state index in [1.165, 1.54) is 6.07 Å². The number of nitrogen functional groups attached to an aromatic ring is 1. The van der Waals surface area contributed by atoms with E-state index < -0.39 is 32.3 Å². The lowest BCUT2D eigenvalue weighted by molar-refractivity contribution is -0.146. The molecule has 1 atom stereocenters. The summed E-state index contributed by atoms with van der Waals surface area (Å²) in [6.45, 7) is 1.72. The number of halogens is 1. The van der Waals surface area contributed by atoms with Crippen LogP contribution in [-0.2, 0) is 36.5 Å². The Morgan fingerprint density at radius 3 is 2.12 bits per heavy atom. The number of hydrogen-bond acceptors (Lipinski definition) is 7. The van der Waals surface area contributed by atoms with Gasteiger partial charge in [-0.05, 0) is 34.9 Å². The highest BCUT2D eigenvalue weighted by atomic mass is 35.5. The second-order valence-electron chi connectivity index (χ2n) is 9.20. The number of esters is 1. The molecule has 8 N–H and O–H groups in total. The lowest BCUT2D eigenvalue weighted by atomic mass is 9.95. The maximum atomic E-state index is 13.8. The van der Waals surface area contributed by atoms with E-state index in [1.54, 1.807) is 91.9 Å². The standard InChI is InChI=1S/C30H30N4O5S.ClH.H2O/c1-2-39-29(36)30(33,40(37,38)19-21-8-4-3-5-9-21)26-13-7-10-23-24(26)11-6-12-25(23)28(35)34-18-20-14-16-22(17-15-20)27(31)32;;/h3-17H,2,18-19,33H2,1H3,(H3,31,32)(H,34,35);1H;1H2. The summed E-state index contributed by atoms with van der Waals surface area (Å²) < 4.78 is 32.8. The minimum Gasteiger partial charge on any atom is -0.464 e. The van der Waals surface area contributed by atoms with Gasteiger partial charge in [-0.25, -0.2) is 13.2 Å². The second-order valence-corrected chi connectivity index (χ2v) is 11.4. The molecule has 0 saturated heterocycles. The van der Waals surface area contributed by atoms with E-state index in [2.05, 4.69) is 5.32 Å². The first-order valence-corrected chi connectivity index (χ1v) is 14.2. The summed E-state index contributed by atoms with van der Waals surface area (Å²) in [6.07, 6.45) is 0. The first-order valence-electron chi connectivity index (χ1n) is 12.5. The number of carbonyl (C=O) groups is 2. The van der Waals surface area contributed by atoms with Crippen molar-refractivity contribution in [3.8, 4) is 0 Å². The molecular weight excluding hydrogens is 580 g/mol. The van der Waals surface area contributed by atoms with Crippen LogP contribution in [0.5, 0.6) is 0 Å². The van der Waals surface area contributed by atoms with Gasteiger partial charge < -0.3 is 21.3 Å². The minimum absolute atomic E-state index is 0. The van der Waals surface area contributed by atoms with Crippen molar-refractivity contribution >= 4 is 50.7 Å². The van der Waals surface area contributed by atoms with Crippen LogP contribution in [0.2, 0.25) is 0 Å². The molecule has 0 aliphatic carbocycles. The van der Waals surface area contributed by atoms with Gasteiger partial charge in [0, 0.05) is 23.2 Å². The highest BCUT2D eigenvalue weighted by molar-refractivity contribution is 7.92. The highest BCUT2D eigenvalue weighted by Crippen LogP contribution is 2.35. The third-order valence-electron chi connectivity index (χ3n) is 6.55. The van der Waals surface area contributed by atoms with Crippen molar-refractivity contribution in [1.82, 2.24) is 5.32 Å². The van der Waals surface area contributed by atoms with Gasteiger partial charge in [0.25, 0.3) is 5.91 Å². The van der Waals surface area contributed by atoms with Gasteiger partial charge in [0.1, 0.15) is 5.84 Å². The first kappa shape index (κ1) is 33.9. The number of rotatable bonds is 10. The van der Waals surface area contributed by atoms with Gasteiger partial charge in [-0.3, -0.25) is 15.9 Å². The van der Waals surface area contributed by atoms with Crippen molar-refractivity contribution in [3.05, 3.63) is 119 Å². The molecule has 0 fully saturated rings. The van der Waals surface area contributed by atoms with E-state index in [9.17, 15) is 18.0 Å². The van der Waals surface area contributed by atoms with Crippen LogP contribution in [0.15, 0.2) is 91.0 Å². The molecule has 4 rings (SSSR count). The van der Waals surface area contributed by atoms with Crippen LogP contribution in [0.3, 0.4) is 0 Å². The molecule has 1 amide bonds. The van der Waals surface area contributed by atoms with Crippen molar-refractivity contribution in [2.24, 2.45) is 11.5 Å². The quantitative estimate of drug-likeness (QED) is 0.120. The molecule has 10 nitrogen and oxygen atoms in total. The Bertz CT molecular complexity index is 1680. The van der Waals surface area contributed by atoms with Gasteiger partial charge in [-0.2, -0.15) is 0 Å². The largest absolute Gasteiger partial charge is 0.464 e. The van der Waals surface area contributed by atoms with Crippen LogP contribution in [0.1, 0.15) is 39.5 Å². The molecule has 0 aromatic heterocycles. The number of amides is 1. The van der Waals surface area contributed by atoms with Crippen molar-refractivity contribution in [1.29, 1.82) is 5.41 Å². The zero-order valence-corrected chi connectivity index (χ0v) is 24.4. The number of carbonyl (C=O) groups excluding carboxylic acids is 2. The normalized spacial score (nSPS) is 12.2. The lowest BCUT2D eigenvalue weighted by Gasteiger charge is -2.29. The fourth-order valence-electron chi connectivity index (χ4n) is 4.46. The predicted molar refractivity (Wildman–Crippen MR) is 165 cm³/mol. The van der Waals surface area contributed by atoms with E-state index in [0.29, 0.717) is 21.9 Å². The van der Waals surface area contributed by atoms with Crippen molar-refractivity contribution in [2.75, 3.05) is 6.61 Å². The van der Waals surface area contributed by atoms with Crippen molar-refractivity contribution in [3.63, 3.8) is 0 Å². The van der Waals surface area contributed by atoms with Gasteiger partial charge in [-0.15, -0.1) is 12.4 Å². The Labute approximate surface area is 250 Å². The fraction of sp³-hybridized carbons (Fsp3) is 0.167. The minimum atomic E-state index is -4.35. The number of sulfone groups is 1. The summed E-state index contributed by atoms with van der Waals surface area (Å²) in [6, 6.07) is 24.9. The van der Waals surface area contributed by atoms with Crippen LogP contribution < -0.4 is 16.8 Å². The highest BCUT2D eigenvalue weighted by Gasteiger charge is 2.51. The average Bonchev–Trinajstić information content (AvgIpc) is 2.95. The fourth-order valence-corrected chi connectivity index (χ4v) is 6.15. The molecule has 0 spiro atoms. The van der Waals surface area contributed by atoms with Gasteiger partial charge in [-0.1, -0.05) is 84.9 Å². The van der Waals surface area contributed by atoms with Crippen LogP contribution in [0.4, 0.5) is 0 Å². The molecular formula is C30H33ClN4O6S. The molecule has 0 aliphatic heterocycles. The van der Waals surface area contributed by atoms with Crippen molar-refractivity contribution < 1.29 is 28.2 Å². The summed E-state index contributed by atoms with van der Waals surface area (Å²) in [5.74, 6) is -2.03. The predicted octanol–water partition coefficient (Wildman–Crippen LogP) is 2.94. The molecule has 4 aromatic rings. The number of fused-ring (bicyclic) bond motifs is 1. The van der Waals surface area contributed by atoms with Crippen LogP contribution in [-0.4, -0.2) is 38.2 Å². The molecule has 42 heavy (non-hydrogen) atoms. The smallest absolute Gasteiger partial charge is 0.346 e. The molecule has 12 heteroatoms. The molecule has 222 valence electrons. The Kier molecular flexibility index (Phi) is 11.3. The summed E-state index contributed by atoms with van der Waals surface area (Å²) >= 11 is 0. The number of hydrogen-bond donors (Lipinski definition) is 4. The molecule has 1 unspecified atom stereocenters. The average molecular weight is 613 g/mol. The number of nitrogens with one attached hydrogen (secondary N) is 2. The molecule has 0 heterocycles. The van der Waals surface area contributed by atoms with E-state index in [4.69, 9.17) is 21.6 Å². The van der Waals surface area contributed by atoms with Gasteiger partial charge in [0.2, 0.25) is 4.87 Å². The van der Waals surface area contributed by atoms with E-state index >= 15 is 0 Å². The topological polar surface area (TPSA) is 197 Å².